The minimum atomic E-state index is -0.369. The van der Waals surface area contributed by atoms with Crippen LogP contribution < -0.4 is 5.32 Å². The summed E-state index contributed by atoms with van der Waals surface area (Å²) in [6, 6.07) is 0. The fraction of sp³-hybridized carbons (Fsp3) is 0.615. The summed E-state index contributed by atoms with van der Waals surface area (Å²) >= 11 is 1.40. The zero-order valence-corrected chi connectivity index (χ0v) is 13.0. The molecule has 2 aromatic rings. The van der Waals surface area contributed by atoms with Crippen LogP contribution in [-0.4, -0.2) is 45.9 Å². The van der Waals surface area contributed by atoms with Gasteiger partial charge in [-0.05, 0) is 43.3 Å². The fourth-order valence-corrected chi connectivity index (χ4v) is 3.41. The molecule has 0 atom stereocenters. The largest absolute Gasteiger partial charge is 0.372 e. The van der Waals surface area contributed by atoms with Crippen LogP contribution >= 0.6 is 11.3 Å². The summed E-state index contributed by atoms with van der Waals surface area (Å²) in [5.74, 6) is 0.412. The molecule has 0 spiro atoms. The van der Waals surface area contributed by atoms with Crippen molar-refractivity contribution in [3.63, 3.8) is 0 Å². The highest BCUT2D eigenvalue weighted by atomic mass is 32.1. The number of thiazole rings is 1. The lowest BCUT2D eigenvalue weighted by molar-refractivity contribution is -0.389. The molecule has 3 heterocycles. The number of imidazole rings is 1. The van der Waals surface area contributed by atoms with Crippen molar-refractivity contribution >= 4 is 27.9 Å². The van der Waals surface area contributed by atoms with E-state index in [1.54, 1.807) is 11.6 Å². The molecule has 21 heavy (non-hydrogen) atoms. The Bertz CT molecular complexity index is 657. The number of rotatable bonds is 4. The predicted molar refractivity (Wildman–Crippen MR) is 83.1 cm³/mol. The van der Waals surface area contributed by atoms with E-state index in [9.17, 15) is 10.1 Å². The second-order valence-electron chi connectivity index (χ2n) is 6.06. The van der Waals surface area contributed by atoms with Crippen molar-refractivity contribution in [1.29, 1.82) is 0 Å². The van der Waals surface area contributed by atoms with Gasteiger partial charge in [-0.1, -0.05) is 18.3 Å². The number of likely N-dealkylation sites (tertiary alicyclic amines) is 1. The highest BCUT2D eigenvalue weighted by Gasteiger charge is 2.31. The molecule has 0 aromatic carbocycles. The zero-order chi connectivity index (χ0) is 15.0. The molecule has 0 saturated carbocycles. The summed E-state index contributed by atoms with van der Waals surface area (Å²) in [6.07, 6.45) is 3.87. The molecule has 114 valence electrons. The molecule has 0 unspecified atom stereocenters. The van der Waals surface area contributed by atoms with Gasteiger partial charge in [-0.15, -0.1) is 0 Å². The summed E-state index contributed by atoms with van der Waals surface area (Å²) < 4.78 is 1.53. The molecule has 8 heteroatoms. The Hall–Kier alpha value is -1.67. The Morgan fingerprint density at radius 1 is 1.52 bits per heavy atom. The highest BCUT2D eigenvalue weighted by molar-refractivity contribution is 7.15. The summed E-state index contributed by atoms with van der Waals surface area (Å²) in [4.78, 5) is 18.2. The molecular weight excluding hydrogens is 290 g/mol. The van der Waals surface area contributed by atoms with Crippen LogP contribution in [0, 0.1) is 15.5 Å². The van der Waals surface area contributed by atoms with E-state index >= 15 is 0 Å². The molecule has 1 aliphatic heterocycles. The van der Waals surface area contributed by atoms with Gasteiger partial charge in [0.05, 0.1) is 0 Å². The Morgan fingerprint density at radius 3 is 2.90 bits per heavy atom. The van der Waals surface area contributed by atoms with Gasteiger partial charge in [0.2, 0.25) is 5.82 Å². The monoisotopic (exact) mass is 309 g/mol. The lowest BCUT2D eigenvalue weighted by atomic mass is 9.80. The van der Waals surface area contributed by atoms with Gasteiger partial charge < -0.3 is 20.3 Å². The molecule has 0 bridgehead atoms. The third-order valence-corrected chi connectivity index (χ3v) is 5.04. The maximum atomic E-state index is 11.3. The van der Waals surface area contributed by atoms with E-state index < -0.39 is 0 Å². The SMILES string of the molecule is CN1CCC(C)(CNc2nc3sccn3c2[N+](=O)[O-])CC1. The summed E-state index contributed by atoms with van der Waals surface area (Å²) in [5, 5.41) is 16.3. The van der Waals surface area contributed by atoms with E-state index in [4.69, 9.17) is 0 Å². The van der Waals surface area contributed by atoms with Crippen molar-refractivity contribution in [2.75, 3.05) is 32.0 Å². The molecule has 0 aliphatic carbocycles. The average Bonchev–Trinajstić information content (AvgIpc) is 3.00. The van der Waals surface area contributed by atoms with E-state index in [0.717, 1.165) is 25.9 Å². The van der Waals surface area contributed by atoms with Gasteiger partial charge >= 0.3 is 5.82 Å². The Kier molecular flexibility index (Phi) is 3.58. The van der Waals surface area contributed by atoms with Crippen molar-refractivity contribution in [2.24, 2.45) is 5.41 Å². The molecule has 0 amide bonds. The van der Waals surface area contributed by atoms with Crippen LogP contribution in [0.2, 0.25) is 0 Å². The van der Waals surface area contributed by atoms with Crippen LogP contribution in [0.15, 0.2) is 11.6 Å². The minimum absolute atomic E-state index is 0.0303. The van der Waals surface area contributed by atoms with Crippen LogP contribution in [0.4, 0.5) is 11.6 Å². The minimum Gasteiger partial charge on any atom is -0.362 e. The van der Waals surface area contributed by atoms with E-state index in [-0.39, 0.29) is 16.2 Å². The van der Waals surface area contributed by atoms with E-state index in [1.807, 2.05) is 0 Å². The Labute approximate surface area is 126 Å². The molecule has 1 fully saturated rings. The van der Waals surface area contributed by atoms with E-state index in [1.165, 1.54) is 15.7 Å². The van der Waals surface area contributed by atoms with Gasteiger partial charge in [-0.25, -0.2) is 0 Å². The summed E-state index contributed by atoms with van der Waals surface area (Å²) in [7, 11) is 2.13. The third-order valence-electron chi connectivity index (χ3n) is 4.29. The van der Waals surface area contributed by atoms with Gasteiger partial charge in [0.1, 0.15) is 6.20 Å². The van der Waals surface area contributed by atoms with Crippen molar-refractivity contribution in [1.82, 2.24) is 14.3 Å². The first-order chi connectivity index (χ1) is 9.98. The second-order valence-corrected chi connectivity index (χ2v) is 6.94. The van der Waals surface area contributed by atoms with Crippen LogP contribution in [0.1, 0.15) is 19.8 Å². The van der Waals surface area contributed by atoms with Crippen LogP contribution in [-0.2, 0) is 0 Å². The van der Waals surface area contributed by atoms with Crippen molar-refractivity contribution in [3.05, 3.63) is 21.7 Å². The molecule has 2 aromatic heterocycles. The zero-order valence-electron chi connectivity index (χ0n) is 12.2. The molecular formula is C13H19N5O2S. The van der Waals surface area contributed by atoms with Crippen molar-refractivity contribution < 1.29 is 4.92 Å². The standard InChI is InChI=1S/C13H19N5O2S/c1-13(3-5-16(2)6-4-13)9-14-10-11(18(19)20)17-7-8-21-12(17)15-10/h7-8,14H,3-6,9H2,1-2H3. The number of piperidine rings is 1. The number of aromatic nitrogens is 2. The molecule has 1 aliphatic rings. The number of nitrogens with one attached hydrogen (secondary N) is 1. The number of anilines is 1. The summed E-state index contributed by atoms with van der Waals surface area (Å²) in [5.41, 5.74) is 0.164. The average molecular weight is 309 g/mol. The van der Waals surface area contributed by atoms with Crippen molar-refractivity contribution in [3.8, 4) is 0 Å². The number of nitro groups is 1. The number of hydrogen-bond donors (Lipinski definition) is 1. The first kappa shape index (κ1) is 14.3. The maximum absolute atomic E-state index is 11.3. The molecule has 7 nitrogen and oxygen atoms in total. The van der Waals surface area contributed by atoms with Crippen LogP contribution in [0.25, 0.3) is 4.96 Å². The van der Waals surface area contributed by atoms with Gasteiger partial charge in [-0.3, -0.25) is 0 Å². The van der Waals surface area contributed by atoms with Gasteiger partial charge in [-0.2, -0.15) is 9.38 Å². The van der Waals surface area contributed by atoms with Crippen LogP contribution in [0.5, 0.6) is 0 Å². The summed E-state index contributed by atoms with van der Waals surface area (Å²) in [6.45, 7) is 5.08. The van der Waals surface area contributed by atoms with E-state index in [0.29, 0.717) is 17.3 Å². The maximum Gasteiger partial charge on any atom is 0.372 e. The normalized spacial score (nSPS) is 19.0. The quantitative estimate of drug-likeness (QED) is 0.693. The topological polar surface area (TPSA) is 75.7 Å². The fourth-order valence-electron chi connectivity index (χ4n) is 2.70. The first-order valence-corrected chi connectivity index (χ1v) is 7.89. The Balaban J connectivity index is 1.77. The first-order valence-electron chi connectivity index (χ1n) is 7.01. The second kappa shape index (κ2) is 5.27. The molecule has 1 saturated heterocycles. The number of fused-ring (bicyclic) bond motifs is 1. The predicted octanol–water partition coefficient (Wildman–Crippen LogP) is 2.45. The van der Waals surface area contributed by atoms with Gasteiger partial charge in [0.15, 0.2) is 0 Å². The number of nitrogens with zero attached hydrogens (tertiary/aromatic N) is 4. The van der Waals surface area contributed by atoms with E-state index in [2.05, 4.69) is 29.2 Å². The lowest BCUT2D eigenvalue weighted by Gasteiger charge is -2.37. The third kappa shape index (κ3) is 2.73. The molecule has 1 N–H and O–H groups in total. The van der Waals surface area contributed by atoms with Crippen LogP contribution in [0.3, 0.4) is 0 Å². The van der Waals surface area contributed by atoms with Crippen molar-refractivity contribution in [2.45, 2.75) is 19.8 Å². The van der Waals surface area contributed by atoms with Gasteiger partial charge in [0.25, 0.3) is 4.96 Å². The lowest BCUT2D eigenvalue weighted by Crippen LogP contribution is -2.40. The Morgan fingerprint density at radius 2 is 2.24 bits per heavy atom. The molecule has 0 radical (unpaired) electrons. The smallest absolute Gasteiger partial charge is 0.362 e. The molecule has 3 rings (SSSR count). The van der Waals surface area contributed by atoms with Gasteiger partial charge in [0, 0.05) is 11.9 Å². The highest BCUT2D eigenvalue weighted by Crippen LogP contribution is 2.33. The number of hydrogen-bond acceptors (Lipinski definition) is 6.